The summed E-state index contributed by atoms with van der Waals surface area (Å²) in [6, 6.07) is 14.3. The highest BCUT2D eigenvalue weighted by Crippen LogP contribution is 2.53. The summed E-state index contributed by atoms with van der Waals surface area (Å²) < 4.78 is 54.6. The molecule has 2 aromatic carbocycles. The van der Waals surface area contributed by atoms with Crippen molar-refractivity contribution in [3.05, 3.63) is 77.1 Å². The van der Waals surface area contributed by atoms with Gasteiger partial charge in [0.1, 0.15) is 42.1 Å². The number of para-hydroxylation sites is 1. The molecule has 2 saturated carbocycles. The molecule has 1 heterocycles. The maximum Gasteiger partial charge on any atom is 0.414 e. The van der Waals surface area contributed by atoms with Crippen molar-refractivity contribution in [1.29, 1.82) is 0 Å². The number of carbonyl (C=O) groups is 3. The Hall–Kier alpha value is -4.24. The highest BCUT2D eigenvalue weighted by atomic mass is 35.5. The molecule has 0 unspecified atom stereocenters. The van der Waals surface area contributed by atoms with Crippen LogP contribution in [0.2, 0.25) is 5.02 Å². The molecule has 1 aromatic heterocycles. The Balaban J connectivity index is 1.23. The van der Waals surface area contributed by atoms with Gasteiger partial charge >= 0.3 is 12.1 Å². The van der Waals surface area contributed by atoms with Gasteiger partial charge in [0.2, 0.25) is 10.0 Å². The number of amides is 1. The summed E-state index contributed by atoms with van der Waals surface area (Å²) in [6.45, 7) is 2.75. The average Bonchev–Trinajstić information content (AvgIpc) is 4.25. The molecule has 4 atom stereocenters. The fourth-order valence-electron chi connectivity index (χ4n) is 7.23. The number of hydrogen-bond acceptors (Lipinski definition) is 14. The van der Waals surface area contributed by atoms with Crippen LogP contribution < -0.4 is 9.30 Å². The number of hydrogen-bond donors (Lipinski definition) is 5. The minimum absolute atomic E-state index is 0.000198. The number of aromatic nitrogens is 1. The number of ether oxygens (including phenoxy) is 4. The van der Waals surface area contributed by atoms with E-state index in [2.05, 4.69) is 0 Å². The smallest absolute Gasteiger partial charge is 0.414 e. The van der Waals surface area contributed by atoms with Gasteiger partial charge in [0.25, 0.3) is 6.73 Å². The van der Waals surface area contributed by atoms with E-state index >= 15 is 0 Å². The lowest BCUT2D eigenvalue weighted by atomic mass is 9.96. The Bertz CT molecular complexity index is 2190. The number of nitrogens with zero attached hydrogens (tertiary/aromatic N) is 3. The summed E-state index contributed by atoms with van der Waals surface area (Å²) in [7, 11) is -2.40. The van der Waals surface area contributed by atoms with Gasteiger partial charge in [0.15, 0.2) is 12.4 Å². The van der Waals surface area contributed by atoms with E-state index in [0.717, 1.165) is 35.3 Å². The number of unbranched alkanes of at least 4 members (excludes halogenated alkanes) is 2. The summed E-state index contributed by atoms with van der Waals surface area (Å²) in [5.41, 5.74) is 2.28. The monoisotopic (exact) mass is 948 g/mol. The van der Waals surface area contributed by atoms with Crippen molar-refractivity contribution in [3.8, 4) is 16.9 Å². The van der Waals surface area contributed by atoms with Crippen LogP contribution in [-0.4, -0.2) is 131 Å². The summed E-state index contributed by atoms with van der Waals surface area (Å²) in [5, 5.41) is 48.6. The minimum Gasteiger partial charge on any atom is -0.490 e. The van der Waals surface area contributed by atoms with Gasteiger partial charge in [0.05, 0.1) is 42.4 Å². The number of likely N-dealkylation sites (N-methyl/N-ethyl adjacent to an activating group) is 1. The molecule has 0 radical (unpaired) electrons. The van der Waals surface area contributed by atoms with Crippen molar-refractivity contribution >= 4 is 39.5 Å². The number of Topliss-reactive ketones (excluding diaryl/α,β-unsaturated/α-hetero) is 1. The predicted molar refractivity (Wildman–Crippen MR) is 237 cm³/mol. The molecule has 0 aliphatic heterocycles. The predicted octanol–water partition coefficient (Wildman–Crippen LogP) is 3.99. The van der Waals surface area contributed by atoms with Gasteiger partial charge in [-0.05, 0) is 74.8 Å². The number of sulfonamides is 1. The van der Waals surface area contributed by atoms with E-state index in [0.29, 0.717) is 42.7 Å². The Kier molecular flexibility index (Phi) is 19.1. The molecular weight excluding hydrogens is 886 g/mol. The zero-order chi connectivity index (χ0) is 47.3. The number of halogens is 1. The first-order valence-electron chi connectivity index (χ1n) is 22.1. The summed E-state index contributed by atoms with van der Waals surface area (Å²) in [5.74, 6) is 0.123. The number of esters is 1. The number of pyridine rings is 1. The lowest BCUT2D eigenvalue weighted by Gasteiger charge is -2.25. The maximum absolute atomic E-state index is 14.0. The average molecular weight is 950 g/mol. The molecule has 2 fully saturated rings. The highest BCUT2D eigenvalue weighted by molar-refractivity contribution is 7.89. The molecule has 5 N–H and O–H groups in total. The van der Waals surface area contributed by atoms with Gasteiger partial charge in [-0.2, -0.15) is 8.87 Å². The first kappa shape index (κ1) is 51.7. The molecule has 0 spiro atoms. The second-order valence-electron chi connectivity index (χ2n) is 16.6. The van der Waals surface area contributed by atoms with Crippen LogP contribution in [0.25, 0.3) is 11.1 Å². The van der Waals surface area contributed by atoms with Crippen LogP contribution in [0.4, 0.5) is 4.79 Å². The largest absolute Gasteiger partial charge is 0.490 e. The molecule has 0 saturated heterocycles. The molecule has 3 aromatic rings. The normalized spacial score (nSPS) is 16.3. The number of ketones is 1. The molecule has 19 heteroatoms. The Morgan fingerprint density at radius 1 is 0.923 bits per heavy atom. The molecule has 65 heavy (non-hydrogen) atoms. The molecular formula is C46H63ClN3O14S+. The molecule has 358 valence electrons. The third-order valence-corrected chi connectivity index (χ3v) is 13.8. The van der Waals surface area contributed by atoms with E-state index < -0.39 is 58.7 Å². The number of carbonyl (C=O) groups excluding carboxylic acids is 3. The Morgan fingerprint density at radius 2 is 1.65 bits per heavy atom. The Labute approximate surface area is 385 Å². The van der Waals surface area contributed by atoms with E-state index in [1.807, 2.05) is 42.7 Å². The fourth-order valence-corrected chi connectivity index (χ4v) is 8.94. The molecule has 2 aliphatic carbocycles. The quantitative estimate of drug-likeness (QED) is 0.0394. The van der Waals surface area contributed by atoms with E-state index in [1.54, 1.807) is 24.6 Å². The molecule has 2 aliphatic rings. The van der Waals surface area contributed by atoms with Crippen LogP contribution in [0.3, 0.4) is 0 Å². The maximum atomic E-state index is 14.0. The van der Waals surface area contributed by atoms with E-state index in [4.69, 9.17) is 35.7 Å². The molecule has 5 rings (SSSR count). The van der Waals surface area contributed by atoms with Gasteiger partial charge in [0, 0.05) is 62.1 Å². The van der Waals surface area contributed by atoms with Crippen LogP contribution in [-0.2, 0) is 52.8 Å². The first-order chi connectivity index (χ1) is 31.0. The third-order valence-electron chi connectivity index (χ3n) is 11.5. The topological polar surface area (TPSA) is 234 Å². The second kappa shape index (κ2) is 24.0. The van der Waals surface area contributed by atoms with Crippen LogP contribution in [0.5, 0.6) is 5.75 Å². The second-order valence-corrected chi connectivity index (χ2v) is 19.0. The zero-order valence-electron chi connectivity index (χ0n) is 37.2. The van der Waals surface area contributed by atoms with Gasteiger partial charge in [-0.1, -0.05) is 43.1 Å². The zero-order valence-corrected chi connectivity index (χ0v) is 38.8. The minimum atomic E-state index is -3.95. The number of benzene rings is 2. The fraction of sp³-hybridized carbons (Fsp3) is 0.565. The summed E-state index contributed by atoms with van der Waals surface area (Å²) in [6.07, 6.45) is 1.45. The number of aliphatic hydroxyl groups is 5. The van der Waals surface area contributed by atoms with E-state index in [1.165, 1.54) is 28.3 Å². The van der Waals surface area contributed by atoms with Crippen molar-refractivity contribution in [3.63, 3.8) is 0 Å². The van der Waals surface area contributed by atoms with E-state index in [9.17, 15) is 43.2 Å². The summed E-state index contributed by atoms with van der Waals surface area (Å²) in [4.78, 5) is 37.7. The Morgan fingerprint density at radius 3 is 2.32 bits per heavy atom. The first-order valence-corrected chi connectivity index (χ1v) is 23.9. The lowest BCUT2D eigenvalue weighted by molar-refractivity contribution is -0.728. The standard InChI is InChI=1S/C46H63ClN3O14S/c1-4-50(22-9-5-6-10-33(53)13-18-40(54)43(56)44(57)41(55)28-51)65(59,60)35-16-17-39(47)32(26-35)29-63-46(20-21-46)38-27-49(30-62-45(58)48(3)24-25-61-31(2)52)23-19-36(38)37-11-7-8-12-42(37)64-34-14-15-34/h7-8,11-12,16-17,19,23,26-27,34,40-41,43-44,51,54-57H,4-6,9-10,13-15,18,20-22,24-25,28-30H2,1-3H3/q+1/t40-,41+,43+,44+/m0/s1. The van der Waals surface area contributed by atoms with Crippen molar-refractivity contribution in [2.75, 3.05) is 39.9 Å². The lowest BCUT2D eigenvalue weighted by Crippen LogP contribution is -2.45. The molecule has 17 nitrogen and oxygen atoms in total. The summed E-state index contributed by atoms with van der Waals surface area (Å²) >= 11 is 6.69. The molecule has 0 bridgehead atoms. The number of aliphatic hydroxyl groups excluding tert-OH is 5. The van der Waals surface area contributed by atoms with Crippen LogP contribution in [0.1, 0.15) is 89.2 Å². The van der Waals surface area contributed by atoms with Crippen molar-refractivity contribution in [2.45, 2.75) is 132 Å². The van der Waals surface area contributed by atoms with Gasteiger partial charge in [-0.15, -0.1) is 0 Å². The van der Waals surface area contributed by atoms with Gasteiger partial charge in [-0.3, -0.25) is 9.59 Å². The van der Waals surface area contributed by atoms with Gasteiger partial charge < -0.3 is 49.4 Å². The van der Waals surface area contributed by atoms with Crippen LogP contribution >= 0.6 is 11.6 Å². The van der Waals surface area contributed by atoms with Crippen molar-refractivity contribution in [2.24, 2.45) is 0 Å². The van der Waals surface area contributed by atoms with Crippen LogP contribution in [0.15, 0.2) is 65.8 Å². The van der Waals surface area contributed by atoms with Crippen LogP contribution in [0, 0.1) is 0 Å². The van der Waals surface area contributed by atoms with Crippen molar-refractivity contribution < 1.29 is 71.8 Å². The third kappa shape index (κ3) is 14.6. The SMILES string of the molecule is CCN(CCCCCC(=O)CC[C@H](O)[C@@H](O)[C@H](O)[C@H](O)CO)S(=O)(=O)c1ccc(Cl)c(COC2(c3c[n+](COC(=O)N(C)CCOC(C)=O)ccc3-c3ccccc3OC3CC3)CC2)c1. The number of rotatable bonds is 28. The van der Waals surface area contributed by atoms with Crippen molar-refractivity contribution in [1.82, 2.24) is 9.21 Å². The molecule has 1 amide bonds. The van der Waals surface area contributed by atoms with Gasteiger partial charge in [-0.25, -0.2) is 13.2 Å². The highest BCUT2D eigenvalue weighted by Gasteiger charge is 2.49. The van der Waals surface area contributed by atoms with E-state index in [-0.39, 0.29) is 75.6 Å².